The monoisotopic (exact) mass is 341 g/mol. The second-order valence-corrected chi connectivity index (χ2v) is 6.06. The third-order valence-corrected chi connectivity index (χ3v) is 4.14. The Hall–Kier alpha value is -2.37. The topological polar surface area (TPSA) is 59.0 Å². The van der Waals surface area contributed by atoms with Gasteiger partial charge in [-0.25, -0.2) is 0 Å². The normalized spacial score (nSPS) is 17.8. The van der Waals surface area contributed by atoms with E-state index in [1.807, 2.05) is 36.4 Å². The van der Waals surface area contributed by atoms with E-state index in [-0.39, 0.29) is 19.1 Å². The molecule has 1 atom stereocenters. The van der Waals surface area contributed by atoms with Crippen LogP contribution >= 0.6 is 0 Å². The Kier molecular flexibility index (Phi) is 6.04. The lowest BCUT2D eigenvalue weighted by atomic mass is 10.1. The zero-order chi connectivity index (χ0) is 17.5. The second kappa shape index (κ2) is 8.65. The van der Waals surface area contributed by atoms with Gasteiger partial charge < -0.3 is 19.5 Å². The van der Waals surface area contributed by atoms with Crippen molar-refractivity contribution in [3.05, 3.63) is 65.7 Å². The number of benzene rings is 2. The number of aliphatic hydroxyl groups excluding tert-OH is 1. The molecular formula is C20H23NO4. The Bertz CT molecular complexity index is 689. The molecule has 1 saturated heterocycles. The van der Waals surface area contributed by atoms with Crippen molar-refractivity contribution in [1.29, 1.82) is 0 Å². The van der Waals surface area contributed by atoms with Crippen LogP contribution < -0.4 is 4.74 Å². The quantitative estimate of drug-likeness (QED) is 0.905. The van der Waals surface area contributed by atoms with Crippen molar-refractivity contribution in [1.82, 2.24) is 4.90 Å². The number of hydrogen-bond acceptors (Lipinski definition) is 4. The van der Waals surface area contributed by atoms with Gasteiger partial charge in [-0.2, -0.15) is 0 Å². The van der Waals surface area contributed by atoms with E-state index in [4.69, 9.17) is 9.47 Å². The molecule has 1 amide bonds. The summed E-state index contributed by atoms with van der Waals surface area (Å²) in [6.45, 7) is 1.93. The molecule has 1 N–H and O–H groups in total. The van der Waals surface area contributed by atoms with Gasteiger partial charge in [0.25, 0.3) is 5.91 Å². The van der Waals surface area contributed by atoms with Gasteiger partial charge in [-0.3, -0.25) is 4.79 Å². The fourth-order valence-electron chi connectivity index (χ4n) is 2.84. The first-order chi connectivity index (χ1) is 12.2. The summed E-state index contributed by atoms with van der Waals surface area (Å²) in [6, 6.07) is 17.3. The largest absolute Gasteiger partial charge is 0.492 e. The van der Waals surface area contributed by atoms with Gasteiger partial charge in [0, 0.05) is 19.5 Å². The molecule has 0 radical (unpaired) electrons. The Morgan fingerprint density at radius 2 is 1.92 bits per heavy atom. The number of aliphatic hydroxyl groups is 1. The number of ether oxygens (including phenoxy) is 2. The van der Waals surface area contributed by atoms with Gasteiger partial charge in [0.15, 0.2) is 0 Å². The number of β-amino-alcohol motifs (C(OH)–C–C–N with tert-alkyl or cyclic N) is 1. The number of rotatable bonds is 5. The molecule has 5 heteroatoms. The summed E-state index contributed by atoms with van der Waals surface area (Å²) in [5, 5.41) is 9.84. The molecule has 0 unspecified atom stereocenters. The molecule has 3 rings (SSSR count). The van der Waals surface area contributed by atoms with Crippen molar-refractivity contribution in [3.8, 4) is 5.75 Å². The first-order valence-electron chi connectivity index (χ1n) is 8.55. The van der Waals surface area contributed by atoms with Crippen LogP contribution in [-0.2, 0) is 11.2 Å². The lowest BCUT2D eigenvalue weighted by Gasteiger charge is -2.22. The standard InChI is InChI=1S/C20H23NO4/c22-17-14-21(11-13-24-15-17)20(23)18-8-4-5-9-19(18)25-12-10-16-6-2-1-3-7-16/h1-9,17,22H,10-15H2/t17-/m1/s1. The van der Waals surface area contributed by atoms with Crippen molar-refractivity contribution >= 4 is 5.91 Å². The number of nitrogens with zero attached hydrogens (tertiary/aromatic N) is 1. The van der Waals surface area contributed by atoms with Crippen LogP contribution in [0.3, 0.4) is 0 Å². The molecule has 0 aliphatic carbocycles. The van der Waals surface area contributed by atoms with Crippen molar-refractivity contribution in [2.75, 3.05) is 32.9 Å². The third kappa shape index (κ3) is 4.81. The molecule has 5 nitrogen and oxygen atoms in total. The molecule has 1 aliphatic rings. The molecule has 132 valence electrons. The molecule has 0 bridgehead atoms. The predicted molar refractivity (Wildman–Crippen MR) is 94.8 cm³/mol. The molecule has 2 aromatic carbocycles. The van der Waals surface area contributed by atoms with Gasteiger partial charge in [0.1, 0.15) is 5.75 Å². The highest BCUT2D eigenvalue weighted by Gasteiger charge is 2.24. The van der Waals surface area contributed by atoms with E-state index in [0.29, 0.717) is 31.1 Å². The number of para-hydroxylation sites is 1. The number of carbonyl (C=O) groups excluding carboxylic acids is 1. The van der Waals surface area contributed by atoms with Crippen LogP contribution in [0.15, 0.2) is 54.6 Å². The summed E-state index contributed by atoms with van der Waals surface area (Å²) in [7, 11) is 0. The molecule has 25 heavy (non-hydrogen) atoms. The van der Waals surface area contributed by atoms with Crippen LogP contribution in [0.5, 0.6) is 5.75 Å². The van der Waals surface area contributed by atoms with Gasteiger partial charge in [-0.05, 0) is 17.7 Å². The first-order valence-corrected chi connectivity index (χ1v) is 8.55. The Balaban J connectivity index is 1.66. The van der Waals surface area contributed by atoms with E-state index in [1.54, 1.807) is 11.0 Å². The summed E-state index contributed by atoms with van der Waals surface area (Å²) in [5.41, 5.74) is 1.71. The molecule has 2 aromatic rings. The van der Waals surface area contributed by atoms with Gasteiger partial charge in [0.2, 0.25) is 0 Å². The van der Waals surface area contributed by atoms with Gasteiger partial charge >= 0.3 is 0 Å². The number of carbonyl (C=O) groups is 1. The summed E-state index contributed by atoms with van der Waals surface area (Å²) in [4.78, 5) is 14.5. The van der Waals surface area contributed by atoms with Crippen molar-refractivity contribution < 1.29 is 19.4 Å². The molecule has 0 spiro atoms. The zero-order valence-corrected chi connectivity index (χ0v) is 14.1. The summed E-state index contributed by atoms with van der Waals surface area (Å²) < 4.78 is 11.2. The maximum absolute atomic E-state index is 12.8. The fourth-order valence-corrected chi connectivity index (χ4v) is 2.84. The molecule has 0 aromatic heterocycles. The van der Waals surface area contributed by atoms with Crippen LogP contribution in [0, 0.1) is 0 Å². The SMILES string of the molecule is O=C(c1ccccc1OCCc1ccccc1)N1CCOC[C@H](O)C1. The summed E-state index contributed by atoms with van der Waals surface area (Å²) >= 11 is 0. The molecule has 1 heterocycles. The average Bonchev–Trinajstić information content (AvgIpc) is 2.87. The van der Waals surface area contributed by atoms with Gasteiger partial charge in [0.05, 0.1) is 31.5 Å². The Labute approximate surface area is 147 Å². The van der Waals surface area contributed by atoms with Gasteiger partial charge in [-0.15, -0.1) is 0 Å². The molecular weight excluding hydrogens is 318 g/mol. The maximum atomic E-state index is 12.8. The molecule has 1 fully saturated rings. The van der Waals surface area contributed by atoms with E-state index in [1.165, 1.54) is 5.56 Å². The van der Waals surface area contributed by atoms with Crippen LogP contribution in [0.2, 0.25) is 0 Å². The van der Waals surface area contributed by atoms with Gasteiger partial charge in [-0.1, -0.05) is 42.5 Å². The van der Waals surface area contributed by atoms with E-state index >= 15 is 0 Å². The Morgan fingerprint density at radius 3 is 2.76 bits per heavy atom. The summed E-state index contributed by atoms with van der Waals surface area (Å²) in [5.74, 6) is 0.433. The van der Waals surface area contributed by atoms with E-state index < -0.39 is 6.10 Å². The number of hydrogen-bond donors (Lipinski definition) is 1. The van der Waals surface area contributed by atoms with Crippen molar-refractivity contribution in [2.24, 2.45) is 0 Å². The predicted octanol–water partition coefficient (Wildman–Crippen LogP) is 2.14. The smallest absolute Gasteiger partial charge is 0.257 e. The maximum Gasteiger partial charge on any atom is 0.257 e. The first kappa shape index (κ1) is 17.5. The van der Waals surface area contributed by atoms with Crippen LogP contribution in [0.4, 0.5) is 0 Å². The average molecular weight is 341 g/mol. The van der Waals surface area contributed by atoms with E-state index in [2.05, 4.69) is 12.1 Å². The van der Waals surface area contributed by atoms with Crippen molar-refractivity contribution in [3.63, 3.8) is 0 Å². The zero-order valence-electron chi connectivity index (χ0n) is 14.1. The molecule has 1 aliphatic heterocycles. The third-order valence-electron chi connectivity index (χ3n) is 4.14. The number of amides is 1. The van der Waals surface area contributed by atoms with E-state index in [9.17, 15) is 9.90 Å². The highest BCUT2D eigenvalue weighted by atomic mass is 16.5. The van der Waals surface area contributed by atoms with Crippen LogP contribution in [0.1, 0.15) is 15.9 Å². The molecule has 0 saturated carbocycles. The lowest BCUT2D eigenvalue weighted by Crippen LogP contribution is -2.37. The van der Waals surface area contributed by atoms with Crippen LogP contribution in [0.25, 0.3) is 0 Å². The second-order valence-electron chi connectivity index (χ2n) is 6.06. The van der Waals surface area contributed by atoms with Crippen molar-refractivity contribution in [2.45, 2.75) is 12.5 Å². The Morgan fingerprint density at radius 1 is 1.16 bits per heavy atom. The highest BCUT2D eigenvalue weighted by Crippen LogP contribution is 2.21. The highest BCUT2D eigenvalue weighted by molar-refractivity contribution is 5.97. The lowest BCUT2D eigenvalue weighted by molar-refractivity contribution is 0.0533. The minimum atomic E-state index is -0.655. The minimum absolute atomic E-state index is 0.139. The fraction of sp³-hybridized carbons (Fsp3) is 0.350. The van der Waals surface area contributed by atoms with Crippen LogP contribution in [-0.4, -0.2) is 54.9 Å². The van der Waals surface area contributed by atoms with E-state index in [0.717, 1.165) is 6.42 Å². The summed E-state index contributed by atoms with van der Waals surface area (Å²) in [6.07, 6.45) is 0.122. The minimum Gasteiger partial charge on any atom is -0.492 e.